The Bertz CT molecular complexity index is 906. The van der Waals surface area contributed by atoms with Crippen molar-refractivity contribution in [1.29, 1.82) is 0 Å². The van der Waals surface area contributed by atoms with E-state index in [-0.39, 0.29) is 10.8 Å². The van der Waals surface area contributed by atoms with Crippen LogP contribution in [0.2, 0.25) is 0 Å². The van der Waals surface area contributed by atoms with Crippen LogP contribution in [0.1, 0.15) is 36.7 Å². The number of hydrogen-bond donors (Lipinski definition) is 1. The molecule has 0 radical (unpaired) electrons. The van der Waals surface area contributed by atoms with Gasteiger partial charge >= 0.3 is 0 Å². The lowest BCUT2D eigenvalue weighted by Gasteiger charge is -2.19. The highest BCUT2D eigenvalue weighted by molar-refractivity contribution is 7.89. The summed E-state index contributed by atoms with van der Waals surface area (Å²) in [5.74, 6) is 0.189. The van der Waals surface area contributed by atoms with E-state index < -0.39 is 10.0 Å². The van der Waals surface area contributed by atoms with Crippen molar-refractivity contribution in [2.24, 2.45) is 0 Å². The molecule has 0 fully saturated rings. The number of aryl methyl sites for hydroxylation is 1. The topological polar surface area (TPSA) is 75.7 Å². The minimum Gasteiger partial charge on any atom is -0.492 e. The third kappa shape index (κ3) is 4.67. The van der Waals surface area contributed by atoms with Crippen molar-refractivity contribution in [1.82, 2.24) is 4.31 Å². The Morgan fingerprint density at radius 2 is 1.74 bits per heavy atom. The highest BCUT2D eigenvalue weighted by Gasteiger charge is 2.23. The van der Waals surface area contributed by atoms with Crippen molar-refractivity contribution >= 4 is 21.6 Å². The summed E-state index contributed by atoms with van der Waals surface area (Å²) in [4.78, 5) is 12.9. The molecule has 0 aliphatic rings. The number of ether oxygens (including phenoxy) is 1. The van der Waals surface area contributed by atoms with Gasteiger partial charge in [-0.3, -0.25) is 4.79 Å². The average molecular weight is 391 g/mol. The molecule has 7 heteroatoms. The van der Waals surface area contributed by atoms with Crippen LogP contribution in [0.25, 0.3) is 0 Å². The zero-order valence-corrected chi connectivity index (χ0v) is 17.0. The Morgan fingerprint density at radius 1 is 1.07 bits per heavy atom. The molecule has 0 saturated heterocycles. The number of nitrogens with one attached hydrogen (secondary N) is 1. The molecule has 0 aliphatic heterocycles. The number of anilines is 1. The molecule has 2 aromatic carbocycles. The SMILES string of the molecule is CCOc1ccccc1NC(=O)c1cc(S(=O)(=O)N(CC)CC)ccc1C. The van der Waals surface area contributed by atoms with E-state index in [1.807, 2.05) is 13.0 Å². The Kier molecular flexibility index (Phi) is 6.98. The Morgan fingerprint density at radius 3 is 2.37 bits per heavy atom. The van der Waals surface area contributed by atoms with E-state index in [9.17, 15) is 13.2 Å². The first-order chi connectivity index (χ1) is 12.8. The van der Waals surface area contributed by atoms with E-state index in [1.54, 1.807) is 45.0 Å². The van der Waals surface area contributed by atoms with Crippen LogP contribution in [-0.4, -0.2) is 38.3 Å². The number of hydrogen-bond acceptors (Lipinski definition) is 4. The van der Waals surface area contributed by atoms with Crippen molar-refractivity contribution in [2.45, 2.75) is 32.6 Å². The maximum Gasteiger partial charge on any atom is 0.256 e. The maximum absolute atomic E-state index is 12.8. The molecule has 1 amide bonds. The molecule has 27 heavy (non-hydrogen) atoms. The van der Waals surface area contributed by atoms with Gasteiger partial charge in [0.25, 0.3) is 5.91 Å². The van der Waals surface area contributed by atoms with Gasteiger partial charge in [-0.1, -0.05) is 32.0 Å². The number of carbonyl (C=O) groups is 1. The van der Waals surface area contributed by atoms with Gasteiger partial charge in [0.2, 0.25) is 10.0 Å². The first-order valence-corrected chi connectivity index (χ1v) is 10.4. The van der Waals surface area contributed by atoms with Crippen molar-refractivity contribution in [3.8, 4) is 5.75 Å². The summed E-state index contributed by atoms with van der Waals surface area (Å²) < 4.78 is 32.4. The minimum absolute atomic E-state index is 0.111. The molecule has 0 saturated carbocycles. The summed E-state index contributed by atoms with van der Waals surface area (Å²) in [6.07, 6.45) is 0. The van der Waals surface area contributed by atoms with Crippen LogP contribution >= 0.6 is 0 Å². The zero-order valence-electron chi connectivity index (χ0n) is 16.2. The number of para-hydroxylation sites is 2. The number of nitrogens with zero attached hydrogens (tertiary/aromatic N) is 1. The maximum atomic E-state index is 12.8. The van der Waals surface area contributed by atoms with Crippen molar-refractivity contribution < 1.29 is 17.9 Å². The van der Waals surface area contributed by atoms with Gasteiger partial charge < -0.3 is 10.1 Å². The molecule has 0 aliphatic carbocycles. The smallest absolute Gasteiger partial charge is 0.256 e. The van der Waals surface area contributed by atoms with Crippen LogP contribution in [0.3, 0.4) is 0 Å². The summed E-state index contributed by atoms with van der Waals surface area (Å²) in [7, 11) is -3.63. The number of benzene rings is 2. The molecule has 1 N–H and O–H groups in total. The number of amides is 1. The summed E-state index contributed by atoms with van der Waals surface area (Å²) in [5.41, 5.74) is 1.55. The molecule has 2 rings (SSSR count). The lowest BCUT2D eigenvalue weighted by Crippen LogP contribution is -2.30. The lowest BCUT2D eigenvalue weighted by atomic mass is 10.1. The van der Waals surface area contributed by atoms with Crippen LogP contribution in [0.4, 0.5) is 5.69 Å². The van der Waals surface area contributed by atoms with Crippen LogP contribution in [0.5, 0.6) is 5.75 Å². The normalized spacial score (nSPS) is 11.4. The van der Waals surface area contributed by atoms with Gasteiger partial charge in [0.05, 0.1) is 17.2 Å². The van der Waals surface area contributed by atoms with Gasteiger partial charge in [-0.25, -0.2) is 8.42 Å². The third-order valence-electron chi connectivity index (χ3n) is 4.23. The Hall–Kier alpha value is -2.38. The average Bonchev–Trinajstić information content (AvgIpc) is 2.64. The molecular weight excluding hydrogens is 364 g/mol. The number of sulfonamides is 1. The second-order valence-electron chi connectivity index (χ2n) is 5.95. The number of carbonyl (C=O) groups excluding carboxylic acids is 1. The van der Waals surface area contributed by atoms with Crippen LogP contribution < -0.4 is 10.1 Å². The van der Waals surface area contributed by atoms with Crippen molar-refractivity contribution in [3.63, 3.8) is 0 Å². The van der Waals surface area contributed by atoms with Gasteiger partial charge in [-0.2, -0.15) is 4.31 Å². The molecule has 0 unspecified atom stereocenters. The van der Waals surface area contributed by atoms with E-state index in [4.69, 9.17) is 4.74 Å². The van der Waals surface area contributed by atoms with Gasteiger partial charge in [0, 0.05) is 18.7 Å². The van der Waals surface area contributed by atoms with Crippen molar-refractivity contribution in [2.75, 3.05) is 25.0 Å². The first-order valence-electron chi connectivity index (χ1n) is 8.99. The van der Waals surface area contributed by atoms with E-state index in [2.05, 4.69) is 5.32 Å². The largest absolute Gasteiger partial charge is 0.492 e. The predicted molar refractivity (Wildman–Crippen MR) is 107 cm³/mol. The van der Waals surface area contributed by atoms with Crippen LogP contribution in [0.15, 0.2) is 47.4 Å². The fourth-order valence-electron chi connectivity index (χ4n) is 2.76. The van der Waals surface area contributed by atoms with E-state index in [0.717, 1.165) is 0 Å². The molecule has 0 atom stereocenters. The molecular formula is C20H26N2O4S. The minimum atomic E-state index is -3.63. The summed E-state index contributed by atoms with van der Waals surface area (Å²) in [6.45, 7) is 8.43. The van der Waals surface area contributed by atoms with Crippen molar-refractivity contribution in [3.05, 3.63) is 53.6 Å². The molecule has 146 valence electrons. The van der Waals surface area contributed by atoms with E-state index in [0.29, 0.717) is 42.3 Å². The molecule has 0 spiro atoms. The third-order valence-corrected chi connectivity index (χ3v) is 6.28. The fraction of sp³-hybridized carbons (Fsp3) is 0.350. The van der Waals surface area contributed by atoms with Gasteiger partial charge in [0.15, 0.2) is 0 Å². The molecule has 0 aromatic heterocycles. The monoisotopic (exact) mass is 390 g/mol. The Labute approximate surface area is 161 Å². The molecule has 6 nitrogen and oxygen atoms in total. The first kappa shape index (κ1) is 20.9. The molecule has 0 heterocycles. The second-order valence-corrected chi connectivity index (χ2v) is 7.89. The zero-order chi connectivity index (χ0) is 20.0. The van der Waals surface area contributed by atoms with Gasteiger partial charge in [-0.05, 0) is 43.7 Å². The predicted octanol–water partition coefficient (Wildman–Crippen LogP) is 3.68. The highest BCUT2D eigenvalue weighted by Crippen LogP contribution is 2.26. The number of rotatable bonds is 8. The lowest BCUT2D eigenvalue weighted by molar-refractivity contribution is 0.102. The molecule has 2 aromatic rings. The summed E-state index contributed by atoms with van der Waals surface area (Å²) in [6, 6.07) is 11.8. The van der Waals surface area contributed by atoms with Gasteiger partial charge in [-0.15, -0.1) is 0 Å². The second kappa shape index (κ2) is 9.01. The quantitative estimate of drug-likeness (QED) is 0.746. The molecule has 0 bridgehead atoms. The Balaban J connectivity index is 2.38. The standard InChI is InChI=1S/C20H26N2O4S/c1-5-22(6-2)27(24,25)16-13-12-15(4)17(14-16)20(23)21-18-10-8-9-11-19(18)26-7-3/h8-14H,5-7H2,1-4H3,(H,21,23). The highest BCUT2D eigenvalue weighted by atomic mass is 32.2. The van der Waals surface area contributed by atoms with E-state index in [1.165, 1.54) is 16.4 Å². The summed E-state index contributed by atoms with van der Waals surface area (Å²) >= 11 is 0. The van der Waals surface area contributed by atoms with E-state index >= 15 is 0 Å². The van der Waals surface area contributed by atoms with Crippen LogP contribution in [0, 0.1) is 6.92 Å². The van der Waals surface area contributed by atoms with Gasteiger partial charge in [0.1, 0.15) is 5.75 Å². The van der Waals surface area contributed by atoms with Crippen LogP contribution in [-0.2, 0) is 10.0 Å². The summed E-state index contributed by atoms with van der Waals surface area (Å²) in [5, 5.41) is 2.82. The fourth-order valence-corrected chi connectivity index (χ4v) is 4.24.